The molecule has 2 heterocycles. The van der Waals surface area contributed by atoms with Gasteiger partial charge in [0.15, 0.2) is 10.8 Å². The fraction of sp³-hybridized carbons (Fsp3) is 0.500. The Hall–Kier alpha value is -1.84. The number of carbonyl (C=O) groups is 1. The molecular weight excluding hydrogens is 435 g/mol. The summed E-state index contributed by atoms with van der Waals surface area (Å²) in [4.78, 5) is 26.5. The Morgan fingerprint density at radius 3 is 2.43 bits per heavy atom. The summed E-state index contributed by atoms with van der Waals surface area (Å²) in [5.74, 6) is -0.773. The summed E-state index contributed by atoms with van der Waals surface area (Å²) in [6.07, 6.45) is -1.05. The number of halogens is 2. The Kier molecular flexibility index (Phi) is 8.93. The number of ether oxygens (including phenoxy) is 2. The van der Waals surface area contributed by atoms with Crippen molar-refractivity contribution in [3.63, 3.8) is 0 Å². The van der Waals surface area contributed by atoms with Crippen LogP contribution in [0.15, 0.2) is 39.6 Å². The van der Waals surface area contributed by atoms with Crippen molar-refractivity contribution in [2.24, 2.45) is 0 Å². The molecule has 1 aliphatic heterocycles. The van der Waals surface area contributed by atoms with Gasteiger partial charge < -0.3 is 19.1 Å². The minimum atomic E-state index is -1.02. The van der Waals surface area contributed by atoms with E-state index in [9.17, 15) is 14.7 Å². The van der Waals surface area contributed by atoms with Crippen LogP contribution < -0.4 is 5.56 Å². The van der Waals surface area contributed by atoms with Crippen LogP contribution in [0.4, 0.5) is 0 Å². The smallest absolute Gasteiger partial charge is 0.323 e. The van der Waals surface area contributed by atoms with Gasteiger partial charge in [0.25, 0.3) is 0 Å². The predicted octanol–water partition coefficient (Wildman–Crippen LogP) is 2.76. The summed E-state index contributed by atoms with van der Waals surface area (Å²) in [5, 5.41) is 9.84. The monoisotopic (exact) mass is 460 g/mol. The number of hydrogen-bond donors (Lipinski definition) is 1. The molecule has 0 spiro atoms. The Morgan fingerprint density at radius 1 is 1.23 bits per heavy atom. The number of rotatable bonds is 8. The van der Waals surface area contributed by atoms with Crippen molar-refractivity contribution in [3.8, 4) is 11.3 Å². The summed E-state index contributed by atoms with van der Waals surface area (Å²) >= 11 is 6.22. The van der Waals surface area contributed by atoms with Crippen LogP contribution >= 0.6 is 24.0 Å². The number of aliphatic carboxylic acids is 1. The predicted molar refractivity (Wildman–Crippen MR) is 114 cm³/mol. The van der Waals surface area contributed by atoms with E-state index in [0.29, 0.717) is 31.9 Å². The van der Waals surface area contributed by atoms with Crippen LogP contribution in [-0.2, 0) is 20.8 Å². The highest BCUT2D eigenvalue weighted by Gasteiger charge is 2.37. The molecule has 10 heteroatoms. The first-order valence-electron chi connectivity index (χ1n) is 9.53. The molecule has 2 atom stereocenters. The molecule has 3 rings (SSSR count). The van der Waals surface area contributed by atoms with Gasteiger partial charge in [0.2, 0.25) is 0 Å². The Labute approximate surface area is 185 Å². The Bertz CT molecular complexity index is 877. The van der Waals surface area contributed by atoms with Gasteiger partial charge >= 0.3 is 11.5 Å². The van der Waals surface area contributed by atoms with Crippen LogP contribution in [0, 0.1) is 0 Å². The quantitative estimate of drug-likeness (QED) is 0.646. The minimum absolute atomic E-state index is 0. The molecule has 0 amide bonds. The molecule has 1 fully saturated rings. The summed E-state index contributed by atoms with van der Waals surface area (Å²) in [6.45, 7) is 5.40. The Morgan fingerprint density at radius 2 is 1.87 bits per heavy atom. The molecule has 30 heavy (non-hydrogen) atoms. The van der Waals surface area contributed by atoms with Gasteiger partial charge in [-0.05, 0) is 13.8 Å². The van der Waals surface area contributed by atoms with E-state index in [-0.39, 0.29) is 35.8 Å². The molecule has 1 saturated heterocycles. The number of nitrogens with zero attached hydrogens (tertiary/aromatic N) is 2. The van der Waals surface area contributed by atoms with Crippen LogP contribution in [0.1, 0.15) is 13.8 Å². The molecule has 1 aliphatic rings. The topological polar surface area (TPSA) is 94.1 Å². The molecule has 0 aliphatic carbocycles. The van der Waals surface area contributed by atoms with E-state index in [2.05, 4.69) is 0 Å². The van der Waals surface area contributed by atoms with Crippen molar-refractivity contribution < 1.29 is 23.9 Å². The van der Waals surface area contributed by atoms with Gasteiger partial charge in [-0.3, -0.25) is 14.5 Å². The lowest BCUT2D eigenvalue weighted by molar-refractivity contribution is -0.156. The molecule has 0 saturated carbocycles. The molecular formula is C20H26Cl2N2O6. The van der Waals surface area contributed by atoms with E-state index in [1.165, 1.54) is 0 Å². The van der Waals surface area contributed by atoms with Crippen LogP contribution in [-0.4, -0.2) is 65.3 Å². The lowest BCUT2D eigenvalue weighted by atomic mass is 10.1. The van der Waals surface area contributed by atoms with Crippen LogP contribution in [0.2, 0.25) is 5.02 Å². The van der Waals surface area contributed by atoms with Crippen LogP contribution in [0.25, 0.3) is 11.3 Å². The molecule has 1 aromatic heterocycles. The lowest BCUT2D eigenvalue weighted by Crippen LogP contribution is -2.55. The summed E-state index contributed by atoms with van der Waals surface area (Å²) < 4.78 is 18.0. The first-order chi connectivity index (χ1) is 13.9. The summed E-state index contributed by atoms with van der Waals surface area (Å²) in [7, 11) is 0. The number of carboxylic acids is 1. The molecule has 2 aromatic rings. The lowest BCUT2D eigenvalue weighted by Gasteiger charge is -2.36. The van der Waals surface area contributed by atoms with E-state index in [1.807, 2.05) is 32.0 Å². The number of benzene rings is 1. The first-order valence-corrected chi connectivity index (χ1v) is 9.91. The van der Waals surface area contributed by atoms with E-state index in [4.69, 9.17) is 25.6 Å². The van der Waals surface area contributed by atoms with Crippen molar-refractivity contribution >= 4 is 30.0 Å². The van der Waals surface area contributed by atoms with Crippen molar-refractivity contribution in [3.05, 3.63) is 45.7 Å². The maximum Gasteiger partial charge on any atom is 0.323 e. The second-order valence-corrected chi connectivity index (χ2v) is 7.50. The maximum absolute atomic E-state index is 12.7. The van der Waals surface area contributed by atoms with Crippen molar-refractivity contribution in [1.82, 2.24) is 9.64 Å². The number of carboxylic acid groups (broad SMARTS) is 1. The van der Waals surface area contributed by atoms with Gasteiger partial charge in [0.1, 0.15) is 12.1 Å². The van der Waals surface area contributed by atoms with Crippen LogP contribution in [0.3, 0.4) is 0 Å². The van der Waals surface area contributed by atoms with Gasteiger partial charge in [-0.2, -0.15) is 4.74 Å². The van der Waals surface area contributed by atoms with E-state index in [1.54, 1.807) is 17.0 Å². The molecule has 8 nitrogen and oxygen atoms in total. The molecule has 0 radical (unpaired) electrons. The van der Waals surface area contributed by atoms with Crippen LogP contribution in [0.5, 0.6) is 0 Å². The summed E-state index contributed by atoms with van der Waals surface area (Å²) in [6, 6.07) is 8.09. The average molecular weight is 461 g/mol. The third kappa shape index (κ3) is 5.65. The number of hydrogen-bond acceptors (Lipinski definition) is 6. The van der Waals surface area contributed by atoms with Gasteiger partial charge in [-0.1, -0.05) is 41.9 Å². The molecule has 166 valence electrons. The van der Waals surface area contributed by atoms with Gasteiger partial charge in [-0.15, -0.1) is 12.4 Å². The first kappa shape index (κ1) is 24.4. The summed E-state index contributed by atoms with van der Waals surface area (Å²) in [5.41, 5.74) is 0.145. The number of morpholine rings is 1. The standard InChI is InChI=1S/C20H25ClN2O6.ClH/c1-13(2)28-15(17(20(25)26)22-8-10-27-11-9-22)12-23-19(24)16(21)18(29-23)14-6-4-3-5-7-14;/h3-7,13,15,17H,8-12H2,1-2H3,(H,25,26);1H. The zero-order valence-electron chi connectivity index (χ0n) is 16.8. The van der Waals surface area contributed by atoms with Crippen molar-refractivity contribution in [2.45, 2.75) is 38.6 Å². The second-order valence-electron chi connectivity index (χ2n) is 7.12. The largest absolute Gasteiger partial charge is 0.480 e. The van der Waals surface area contributed by atoms with Gasteiger partial charge in [-0.25, -0.2) is 0 Å². The molecule has 1 N–H and O–H groups in total. The van der Waals surface area contributed by atoms with Crippen molar-refractivity contribution in [1.29, 1.82) is 0 Å². The fourth-order valence-electron chi connectivity index (χ4n) is 3.42. The zero-order valence-corrected chi connectivity index (χ0v) is 18.4. The molecule has 2 unspecified atom stereocenters. The highest BCUT2D eigenvalue weighted by molar-refractivity contribution is 6.32. The number of aromatic nitrogens is 1. The van der Waals surface area contributed by atoms with E-state index >= 15 is 0 Å². The van der Waals surface area contributed by atoms with Crippen molar-refractivity contribution in [2.75, 3.05) is 26.3 Å². The average Bonchev–Trinajstić information content (AvgIpc) is 2.97. The third-order valence-corrected chi connectivity index (χ3v) is 5.02. The zero-order chi connectivity index (χ0) is 21.0. The second kappa shape index (κ2) is 11.0. The highest BCUT2D eigenvalue weighted by Crippen LogP contribution is 2.26. The maximum atomic E-state index is 12.7. The Balaban J connectivity index is 0.00000320. The normalized spacial score (nSPS) is 16.8. The highest BCUT2D eigenvalue weighted by atomic mass is 35.5. The third-order valence-electron chi connectivity index (χ3n) is 4.69. The molecule has 0 bridgehead atoms. The van der Waals surface area contributed by atoms with Gasteiger partial charge in [0, 0.05) is 18.7 Å². The fourth-order valence-corrected chi connectivity index (χ4v) is 3.66. The SMILES string of the molecule is CC(C)OC(Cn1oc(-c2ccccc2)c(Cl)c1=O)C(C(=O)O)N1CCOCC1.Cl. The van der Waals surface area contributed by atoms with Gasteiger partial charge in [0.05, 0.1) is 25.9 Å². The van der Waals surface area contributed by atoms with E-state index in [0.717, 1.165) is 4.74 Å². The van der Waals surface area contributed by atoms with E-state index < -0.39 is 23.7 Å². The molecule has 1 aromatic carbocycles. The minimum Gasteiger partial charge on any atom is -0.480 e.